The monoisotopic (exact) mass is 282 g/mol. The molecule has 0 aromatic heterocycles. The average molecular weight is 283 g/mol. The Hall–Kier alpha value is -1.85. The molecule has 0 bridgehead atoms. The highest BCUT2D eigenvalue weighted by Crippen LogP contribution is 2.24. The van der Waals surface area contributed by atoms with E-state index in [2.05, 4.69) is 11.9 Å². The second-order valence-electron chi connectivity index (χ2n) is 3.89. The van der Waals surface area contributed by atoms with E-state index in [-0.39, 0.29) is 18.7 Å². The van der Waals surface area contributed by atoms with Crippen molar-refractivity contribution in [3.8, 4) is 0 Å². The third kappa shape index (κ3) is 4.08. The molecule has 6 heteroatoms. The van der Waals surface area contributed by atoms with Crippen LogP contribution in [0.2, 0.25) is 5.02 Å². The number of nitrogens with two attached hydrogens (primary N) is 1. The van der Waals surface area contributed by atoms with E-state index in [1.807, 2.05) is 0 Å². The first-order chi connectivity index (χ1) is 8.97. The van der Waals surface area contributed by atoms with Gasteiger partial charge in [-0.15, -0.1) is 0 Å². The Bertz CT molecular complexity index is 485. The van der Waals surface area contributed by atoms with Crippen molar-refractivity contribution in [2.24, 2.45) is 5.73 Å². The van der Waals surface area contributed by atoms with Crippen LogP contribution >= 0.6 is 11.6 Å². The molecule has 1 aromatic rings. The van der Waals surface area contributed by atoms with Crippen LogP contribution in [0.5, 0.6) is 0 Å². The molecule has 19 heavy (non-hydrogen) atoms. The standard InChI is InChI=1S/C13H15ClN2O3/c1-8(13(19)16-6-7-17)11(12(15)18)9-2-4-10(14)5-3-9/h2-5,11,17H,1,6-7H2,(H2,15,18)(H,16,19). The molecule has 1 rings (SSSR count). The Morgan fingerprint density at radius 1 is 1.37 bits per heavy atom. The van der Waals surface area contributed by atoms with Crippen molar-refractivity contribution in [2.75, 3.05) is 13.2 Å². The molecule has 0 saturated carbocycles. The van der Waals surface area contributed by atoms with Gasteiger partial charge in [0.2, 0.25) is 11.8 Å². The number of hydrogen-bond acceptors (Lipinski definition) is 3. The first kappa shape index (κ1) is 15.2. The maximum atomic E-state index is 11.7. The zero-order valence-corrected chi connectivity index (χ0v) is 11.0. The van der Waals surface area contributed by atoms with Gasteiger partial charge < -0.3 is 16.2 Å². The minimum atomic E-state index is -0.920. The molecule has 0 aliphatic carbocycles. The summed E-state index contributed by atoms with van der Waals surface area (Å²) in [4.78, 5) is 23.2. The smallest absolute Gasteiger partial charge is 0.247 e. The minimum Gasteiger partial charge on any atom is -0.395 e. The lowest BCUT2D eigenvalue weighted by molar-refractivity contribution is -0.122. The average Bonchev–Trinajstić information content (AvgIpc) is 2.38. The van der Waals surface area contributed by atoms with Crippen molar-refractivity contribution in [3.63, 3.8) is 0 Å². The van der Waals surface area contributed by atoms with E-state index in [1.165, 1.54) is 0 Å². The third-order valence-electron chi connectivity index (χ3n) is 2.53. The van der Waals surface area contributed by atoms with Gasteiger partial charge in [0.1, 0.15) is 0 Å². The molecule has 4 N–H and O–H groups in total. The predicted octanol–water partition coefficient (Wildman–Crippen LogP) is 0.574. The van der Waals surface area contributed by atoms with E-state index in [9.17, 15) is 9.59 Å². The molecule has 1 aromatic carbocycles. The molecule has 0 heterocycles. The Balaban J connectivity index is 2.95. The number of aliphatic hydroxyl groups is 1. The highest BCUT2D eigenvalue weighted by atomic mass is 35.5. The summed E-state index contributed by atoms with van der Waals surface area (Å²) in [5.41, 5.74) is 5.89. The fourth-order valence-electron chi connectivity index (χ4n) is 1.61. The number of carbonyl (C=O) groups excluding carboxylic acids is 2. The summed E-state index contributed by atoms with van der Waals surface area (Å²) >= 11 is 5.76. The zero-order valence-electron chi connectivity index (χ0n) is 10.2. The van der Waals surface area contributed by atoms with E-state index < -0.39 is 17.7 Å². The highest BCUT2D eigenvalue weighted by molar-refractivity contribution is 6.30. The van der Waals surface area contributed by atoms with E-state index >= 15 is 0 Å². The molecule has 1 unspecified atom stereocenters. The van der Waals surface area contributed by atoms with Gasteiger partial charge in [-0.2, -0.15) is 0 Å². The molecular formula is C13H15ClN2O3. The van der Waals surface area contributed by atoms with E-state index in [0.29, 0.717) is 10.6 Å². The van der Waals surface area contributed by atoms with Crippen molar-refractivity contribution in [3.05, 3.63) is 47.0 Å². The fraction of sp³-hybridized carbons (Fsp3) is 0.231. The van der Waals surface area contributed by atoms with Gasteiger partial charge in [0.15, 0.2) is 0 Å². The van der Waals surface area contributed by atoms with Crippen molar-refractivity contribution < 1.29 is 14.7 Å². The molecule has 102 valence electrons. The SMILES string of the molecule is C=C(C(=O)NCCO)C(C(N)=O)c1ccc(Cl)cc1. The van der Waals surface area contributed by atoms with Gasteiger partial charge in [0, 0.05) is 17.1 Å². The van der Waals surface area contributed by atoms with E-state index in [1.54, 1.807) is 24.3 Å². The number of aliphatic hydroxyl groups excluding tert-OH is 1. The number of hydrogen-bond donors (Lipinski definition) is 3. The highest BCUT2D eigenvalue weighted by Gasteiger charge is 2.25. The third-order valence-corrected chi connectivity index (χ3v) is 2.78. The van der Waals surface area contributed by atoms with Crippen LogP contribution in [-0.2, 0) is 9.59 Å². The lowest BCUT2D eigenvalue weighted by Gasteiger charge is -2.16. The first-order valence-electron chi connectivity index (χ1n) is 5.60. The predicted molar refractivity (Wildman–Crippen MR) is 72.6 cm³/mol. The molecule has 0 spiro atoms. The summed E-state index contributed by atoms with van der Waals surface area (Å²) in [5.74, 6) is -2.12. The van der Waals surface area contributed by atoms with Crippen LogP contribution in [0.15, 0.2) is 36.4 Å². The summed E-state index contributed by atoms with van der Waals surface area (Å²) in [6, 6.07) is 6.43. The van der Waals surface area contributed by atoms with Gasteiger partial charge in [0.05, 0.1) is 12.5 Å². The van der Waals surface area contributed by atoms with Crippen molar-refractivity contribution >= 4 is 23.4 Å². The van der Waals surface area contributed by atoms with Gasteiger partial charge in [-0.25, -0.2) is 0 Å². The molecular weight excluding hydrogens is 268 g/mol. The van der Waals surface area contributed by atoms with Crippen LogP contribution in [0.1, 0.15) is 11.5 Å². The number of amides is 2. The number of nitrogens with one attached hydrogen (secondary N) is 1. The van der Waals surface area contributed by atoms with E-state index in [4.69, 9.17) is 22.4 Å². The van der Waals surface area contributed by atoms with Crippen LogP contribution in [0.3, 0.4) is 0 Å². The lowest BCUT2D eigenvalue weighted by atomic mass is 9.91. The summed E-state index contributed by atoms with van der Waals surface area (Å²) in [5, 5.41) is 11.6. The topological polar surface area (TPSA) is 92.4 Å². The second-order valence-corrected chi connectivity index (χ2v) is 4.33. The Kier molecular flexibility index (Phi) is 5.54. The molecule has 0 fully saturated rings. The van der Waals surface area contributed by atoms with Gasteiger partial charge in [-0.1, -0.05) is 30.3 Å². The van der Waals surface area contributed by atoms with Crippen LogP contribution < -0.4 is 11.1 Å². The van der Waals surface area contributed by atoms with Gasteiger partial charge in [-0.3, -0.25) is 9.59 Å². The molecule has 0 radical (unpaired) electrons. The summed E-state index contributed by atoms with van der Waals surface area (Å²) < 4.78 is 0. The largest absolute Gasteiger partial charge is 0.395 e. The van der Waals surface area contributed by atoms with Crippen LogP contribution in [0.25, 0.3) is 0 Å². The molecule has 1 atom stereocenters. The molecule has 5 nitrogen and oxygen atoms in total. The molecule has 0 aliphatic rings. The zero-order chi connectivity index (χ0) is 14.4. The molecule has 2 amide bonds. The van der Waals surface area contributed by atoms with Crippen molar-refractivity contribution in [1.29, 1.82) is 0 Å². The van der Waals surface area contributed by atoms with Gasteiger partial charge >= 0.3 is 0 Å². The number of benzene rings is 1. The maximum absolute atomic E-state index is 11.7. The first-order valence-corrected chi connectivity index (χ1v) is 5.97. The molecule has 0 aliphatic heterocycles. The lowest BCUT2D eigenvalue weighted by Crippen LogP contribution is -2.33. The fourth-order valence-corrected chi connectivity index (χ4v) is 1.73. The minimum absolute atomic E-state index is 0.0308. The Morgan fingerprint density at radius 2 is 1.95 bits per heavy atom. The number of rotatable bonds is 6. The van der Waals surface area contributed by atoms with Crippen molar-refractivity contribution in [2.45, 2.75) is 5.92 Å². The maximum Gasteiger partial charge on any atom is 0.247 e. The van der Waals surface area contributed by atoms with Gasteiger partial charge in [0.25, 0.3) is 0 Å². The van der Waals surface area contributed by atoms with Crippen LogP contribution in [-0.4, -0.2) is 30.1 Å². The summed E-state index contributed by atoms with van der Waals surface area (Å²) in [6.07, 6.45) is 0. The summed E-state index contributed by atoms with van der Waals surface area (Å²) in [7, 11) is 0. The second kappa shape index (κ2) is 6.92. The van der Waals surface area contributed by atoms with Crippen LogP contribution in [0, 0.1) is 0 Å². The number of halogens is 1. The quantitative estimate of drug-likeness (QED) is 0.666. The number of primary amides is 1. The molecule has 0 saturated heterocycles. The normalized spacial score (nSPS) is 11.7. The van der Waals surface area contributed by atoms with Crippen molar-refractivity contribution in [1.82, 2.24) is 5.32 Å². The Morgan fingerprint density at radius 3 is 2.42 bits per heavy atom. The van der Waals surface area contributed by atoms with Gasteiger partial charge in [-0.05, 0) is 17.7 Å². The summed E-state index contributed by atoms with van der Waals surface area (Å²) in [6.45, 7) is 3.49. The number of carbonyl (C=O) groups is 2. The Labute approximate surface area is 116 Å². The van der Waals surface area contributed by atoms with Crippen LogP contribution in [0.4, 0.5) is 0 Å². The van der Waals surface area contributed by atoms with E-state index in [0.717, 1.165) is 0 Å².